The number of esters is 1. The van der Waals surface area contributed by atoms with Crippen LogP contribution >= 0.6 is 22.7 Å². The largest absolute Gasteiger partial charge is 0.497 e. The fraction of sp³-hybridized carbons (Fsp3) is 0.304. The van der Waals surface area contributed by atoms with Crippen LogP contribution in [-0.2, 0) is 11.3 Å². The number of carbonyl (C=O) groups excluding carboxylic acids is 1. The highest BCUT2D eigenvalue weighted by Gasteiger charge is 2.22. The van der Waals surface area contributed by atoms with Gasteiger partial charge in [0.2, 0.25) is 5.13 Å². The average molecular weight is 484 g/mol. The number of nitrogens with zero attached hydrogens (tertiary/aromatic N) is 4. The molecule has 33 heavy (non-hydrogen) atoms. The average Bonchev–Trinajstić information content (AvgIpc) is 3.57. The predicted molar refractivity (Wildman–Crippen MR) is 129 cm³/mol. The fourth-order valence-corrected chi connectivity index (χ4v) is 4.80. The summed E-state index contributed by atoms with van der Waals surface area (Å²) >= 11 is 3.08. The highest BCUT2D eigenvalue weighted by atomic mass is 32.1. The van der Waals surface area contributed by atoms with Crippen LogP contribution in [0.1, 0.15) is 46.6 Å². The predicted octanol–water partition coefficient (Wildman–Crippen LogP) is 4.80. The van der Waals surface area contributed by atoms with Crippen molar-refractivity contribution < 1.29 is 14.3 Å². The molecule has 8 nitrogen and oxygen atoms in total. The molecule has 1 atom stereocenters. The third kappa shape index (κ3) is 5.13. The molecule has 0 bridgehead atoms. The van der Waals surface area contributed by atoms with Crippen molar-refractivity contribution in [2.45, 2.75) is 33.4 Å². The van der Waals surface area contributed by atoms with Gasteiger partial charge in [-0.1, -0.05) is 0 Å². The first-order chi connectivity index (χ1) is 16.0. The van der Waals surface area contributed by atoms with Gasteiger partial charge in [-0.05, 0) is 45.0 Å². The highest BCUT2D eigenvalue weighted by molar-refractivity contribution is 7.12. The van der Waals surface area contributed by atoms with Gasteiger partial charge in [-0.15, -0.1) is 22.7 Å². The molecule has 0 aliphatic rings. The first-order valence-electron chi connectivity index (χ1n) is 10.5. The molecule has 4 aromatic rings. The Morgan fingerprint density at radius 1 is 1.18 bits per heavy atom. The van der Waals surface area contributed by atoms with Crippen LogP contribution < -0.4 is 10.1 Å². The van der Waals surface area contributed by atoms with E-state index in [1.807, 2.05) is 48.9 Å². The van der Waals surface area contributed by atoms with Gasteiger partial charge in [0.1, 0.15) is 11.3 Å². The van der Waals surface area contributed by atoms with E-state index in [1.54, 1.807) is 36.2 Å². The first-order valence-corrected chi connectivity index (χ1v) is 12.3. The van der Waals surface area contributed by atoms with E-state index < -0.39 is 5.97 Å². The number of aromatic nitrogens is 4. The van der Waals surface area contributed by atoms with Crippen LogP contribution in [0.5, 0.6) is 5.75 Å². The maximum atomic E-state index is 12.6. The van der Waals surface area contributed by atoms with Crippen LogP contribution in [0.15, 0.2) is 41.2 Å². The van der Waals surface area contributed by atoms with Crippen LogP contribution in [0.4, 0.5) is 0 Å². The zero-order valence-corrected chi connectivity index (χ0v) is 20.5. The number of hydrogen-bond donors (Lipinski definition) is 1. The normalized spacial score (nSPS) is 12.0. The molecule has 0 aliphatic heterocycles. The summed E-state index contributed by atoms with van der Waals surface area (Å²) in [6, 6.07) is 7.74. The summed E-state index contributed by atoms with van der Waals surface area (Å²) in [4.78, 5) is 21.9. The van der Waals surface area contributed by atoms with Crippen LogP contribution in [0, 0.1) is 6.92 Å². The molecule has 1 aromatic carbocycles. The summed E-state index contributed by atoms with van der Waals surface area (Å²) < 4.78 is 12.2. The summed E-state index contributed by atoms with van der Waals surface area (Å²) in [7, 11) is 1.64. The molecular weight excluding hydrogens is 458 g/mol. The number of thiazole rings is 2. The Bertz CT molecular complexity index is 1230. The van der Waals surface area contributed by atoms with E-state index in [1.165, 1.54) is 11.3 Å². The highest BCUT2D eigenvalue weighted by Crippen LogP contribution is 2.27. The maximum absolute atomic E-state index is 12.6. The van der Waals surface area contributed by atoms with Gasteiger partial charge in [0.05, 0.1) is 42.0 Å². The van der Waals surface area contributed by atoms with E-state index in [2.05, 4.69) is 15.4 Å². The van der Waals surface area contributed by atoms with E-state index in [9.17, 15) is 4.79 Å². The molecule has 10 heteroatoms. The second-order valence-electron chi connectivity index (χ2n) is 7.28. The third-order valence-corrected chi connectivity index (χ3v) is 6.69. The lowest BCUT2D eigenvalue weighted by molar-refractivity contribution is 0.0524. The number of methoxy groups -OCH3 is 1. The van der Waals surface area contributed by atoms with Crippen LogP contribution in [0.2, 0.25) is 0 Å². The molecule has 0 amide bonds. The molecular formula is C23H25N5O3S2. The summed E-state index contributed by atoms with van der Waals surface area (Å²) in [6.45, 7) is 6.52. The number of benzene rings is 1. The van der Waals surface area contributed by atoms with Gasteiger partial charge in [0, 0.05) is 28.9 Å². The Morgan fingerprint density at radius 2 is 1.97 bits per heavy atom. The van der Waals surface area contributed by atoms with Crippen molar-refractivity contribution in [3.05, 3.63) is 63.2 Å². The molecule has 172 valence electrons. The minimum atomic E-state index is -0.398. The molecule has 0 saturated carbocycles. The molecule has 0 saturated heterocycles. The third-order valence-electron chi connectivity index (χ3n) is 5.08. The molecule has 0 aliphatic carbocycles. The lowest BCUT2D eigenvalue weighted by Crippen LogP contribution is -2.22. The van der Waals surface area contributed by atoms with Crippen molar-refractivity contribution in [1.29, 1.82) is 0 Å². The topological polar surface area (TPSA) is 91.2 Å². The number of nitrogens with one attached hydrogen (secondary N) is 1. The van der Waals surface area contributed by atoms with E-state index in [-0.39, 0.29) is 6.04 Å². The first kappa shape index (κ1) is 23.1. The molecule has 0 fully saturated rings. The summed E-state index contributed by atoms with van der Waals surface area (Å²) in [6.07, 6.45) is 1.54. The smallest absolute Gasteiger partial charge is 0.341 e. The summed E-state index contributed by atoms with van der Waals surface area (Å²) in [5.74, 6) is 0.391. The quantitative estimate of drug-likeness (QED) is 0.342. The maximum Gasteiger partial charge on any atom is 0.341 e. The van der Waals surface area contributed by atoms with Crippen molar-refractivity contribution in [3.63, 3.8) is 0 Å². The van der Waals surface area contributed by atoms with Crippen molar-refractivity contribution >= 4 is 28.6 Å². The Balaban J connectivity index is 1.62. The minimum absolute atomic E-state index is 0.0134. The molecule has 1 N–H and O–H groups in total. The Labute approximate surface area is 200 Å². The van der Waals surface area contributed by atoms with Crippen LogP contribution in [-0.4, -0.2) is 39.4 Å². The van der Waals surface area contributed by atoms with Gasteiger partial charge >= 0.3 is 5.97 Å². The number of aryl methyl sites for hydroxylation is 1. The monoisotopic (exact) mass is 483 g/mol. The van der Waals surface area contributed by atoms with Gasteiger partial charge in [0.25, 0.3) is 0 Å². The molecule has 1 unspecified atom stereocenters. The lowest BCUT2D eigenvalue weighted by atomic mass is 10.2. The van der Waals surface area contributed by atoms with Gasteiger partial charge < -0.3 is 14.8 Å². The number of rotatable bonds is 9. The molecule has 0 spiro atoms. The Kier molecular flexibility index (Phi) is 7.17. The van der Waals surface area contributed by atoms with Crippen LogP contribution in [0.3, 0.4) is 0 Å². The standard InChI is InChI=1S/C23H25N5O3S2/c1-5-31-22(29)18-10-25-28(21(18)11-24-14(2)19-12-32-15(3)26-19)23-27-20(13-33-23)16-6-8-17(30-4)9-7-16/h6-10,12-14,24H,5,11H2,1-4H3. The second kappa shape index (κ2) is 10.2. The van der Waals surface area contributed by atoms with E-state index >= 15 is 0 Å². The Hall–Kier alpha value is -3.08. The minimum Gasteiger partial charge on any atom is -0.497 e. The van der Waals surface area contributed by atoms with Crippen molar-refractivity contribution in [2.75, 3.05) is 13.7 Å². The molecule has 3 aromatic heterocycles. The SMILES string of the molecule is CCOC(=O)c1cnn(-c2nc(-c3ccc(OC)cc3)cs2)c1CNC(C)c1csc(C)n1. The van der Waals surface area contributed by atoms with Gasteiger partial charge in [0.15, 0.2) is 0 Å². The van der Waals surface area contributed by atoms with Gasteiger partial charge in [-0.3, -0.25) is 0 Å². The van der Waals surface area contributed by atoms with Gasteiger partial charge in [-0.25, -0.2) is 19.4 Å². The van der Waals surface area contributed by atoms with E-state index in [4.69, 9.17) is 14.5 Å². The summed E-state index contributed by atoms with van der Waals surface area (Å²) in [5, 5.41) is 13.6. The van der Waals surface area contributed by atoms with Crippen molar-refractivity contribution in [1.82, 2.24) is 25.1 Å². The molecule has 4 rings (SSSR count). The van der Waals surface area contributed by atoms with Crippen molar-refractivity contribution in [2.24, 2.45) is 0 Å². The van der Waals surface area contributed by atoms with Gasteiger partial charge in [-0.2, -0.15) is 5.10 Å². The zero-order valence-electron chi connectivity index (χ0n) is 18.9. The molecule has 3 heterocycles. The Morgan fingerprint density at radius 3 is 2.64 bits per heavy atom. The number of ether oxygens (including phenoxy) is 2. The number of hydrogen-bond acceptors (Lipinski definition) is 9. The van der Waals surface area contributed by atoms with Crippen molar-refractivity contribution in [3.8, 4) is 22.1 Å². The van der Waals surface area contributed by atoms with Crippen LogP contribution in [0.25, 0.3) is 16.4 Å². The summed E-state index contributed by atoms with van der Waals surface area (Å²) in [5.41, 5.74) is 3.90. The lowest BCUT2D eigenvalue weighted by Gasteiger charge is -2.13. The zero-order chi connectivity index (χ0) is 23.4. The van der Waals surface area contributed by atoms with E-state index in [0.717, 1.165) is 27.7 Å². The fourth-order valence-electron chi connectivity index (χ4n) is 3.28. The second-order valence-corrected chi connectivity index (χ2v) is 9.17. The van der Waals surface area contributed by atoms with E-state index in [0.29, 0.717) is 29.5 Å². The molecule has 0 radical (unpaired) electrons. The number of carbonyl (C=O) groups is 1.